The normalized spacial score (nSPS) is 14.6. The number of ether oxygens (including phenoxy) is 1. The van der Waals surface area contributed by atoms with Crippen LogP contribution in [0.2, 0.25) is 0 Å². The number of rotatable bonds is 6. The van der Waals surface area contributed by atoms with Crippen molar-refractivity contribution in [3.05, 3.63) is 48.7 Å². The fourth-order valence-electron chi connectivity index (χ4n) is 3.17. The van der Waals surface area contributed by atoms with Gasteiger partial charge >= 0.3 is 0 Å². The van der Waals surface area contributed by atoms with Crippen molar-refractivity contribution < 1.29 is 9.13 Å². The third kappa shape index (κ3) is 3.72. The van der Waals surface area contributed by atoms with Gasteiger partial charge in [0.15, 0.2) is 17.2 Å². The van der Waals surface area contributed by atoms with Crippen molar-refractivity contribution in [2.24, 2.45) is 0 Å². The van der Waals surface area contributed by atoms with Crippen LogP contribution in [0.1, 0.15) is 5.69 Å². The summed E-state index contributed by atoms with van der Waals surface area (Å²) in [6.07, 6.45) is 6.03. The average Bonchev–Trinajstić information content (AvgIpc) is 3.24. The van der Waals surface area contributed by atoms with Gasteiger partial charge in [-0.2, -0.15) is 10.4 Å². The first-order valence-corrected chi connectivity index (χ1v) is 9.45. The van der Waals surface area contributed by atoms with Gasteiger partial charge in [-0.05, 0) is 12.1 Å². The van der Waals surface area contributed by atoms with E-state index in [0.29, 0.717) is 39.7 Å². The Bertz CT molecular complexity index is 1280. The van der Waals surface area contributed by atoms with E-state index in [-0.39, 0.29) is 25.4 Å². The second-order valence-corrected chi connectivity index (χ2v) is 7.10. The number of anilines is 2. The first kappa shape index (κ1) is 18.8. The first-order chi connectivity index (χ1) is 15.1. The molecule has 1 saturated heterocycles. The lowest BCUT2D eigenvalue weighted by Crippen LogP contribution is -2.59. The molecular formula is C20H16FN9O. The van der Waals surface area contributed by atoms with Crippen molar-refractivity contribution in [1.82, 2.24) is 35.5 Å². The summed E-state index contributed by atoms with van der Waals surface area (Å²) in [6, 6.07) is 7.30. The Morgan fingerprint density at radius 1 is 1.16 bits per heavy atom. The molecule has 1 aliphatic rings. The minimum absolute atomic E-state index is 0.0902. The van der Waals surface area contributed by atoms with E-state index in [9.17, 15) is 4.39 Å². The summed E-state index contributed by atoms with van der Waals surface area (Å²) in [6.45, 7) is 0.420. The number of hydrogen-bond donors (Lipinski definition) is 3. The Morgan fingerprint density at radius 3 is 2.81 bits per heavy atom. The molecule has 1 fully saturated rings. The minimum Gasteiger partial charge on any atom is -0.488 e. The number of aromatic amines is 1. The molecule has 0 aromatic carbocycles. The highest BCUT2D eigenvalue weighted by molar-refractivity contribution is 5.93. The summed E-state index contributed by atoms with van der Waals surface area (Å²) in [4.78, 5) is 16.9. The quantitative estimate of drug-likeness (QED) is 0.431. The predicted octanol–water partition coefficient (Wildman–Crippen LogP) is 2.12. The van der Waals surface area contributed by atoms with Crippen molar-refractivity contribution in [3.63, 3.8) is 0 Å². The van der Waals surface area contributed by atoms with Crippen molar-refractivity contribution in [2.75, 3.05) is 25.0 Å². The monoisotopic (exact) mass is 417 g/mol. The van der Waals surface area contributed by atoms with Crippen LogP contribution in [0.4, 0.5) is 16.0 Å². The molecule has 0 atom stereocenters. The zero-order valence-electron chi connectivity index (χ0n) is 16.1. The highest BCUT2D eigenvalue weighted by Crippen LogP contribution is 2.35. The maximum absolute atomic E-state index is 14.5. The van der Waals surface area contributed by atoms with E-state index in [1.54, 1.807) is 24.5 Å². The largest absolute Gasteiger partial charge is 0.488 e. The molecular weight excluding hydrogens is 401 g/mol. The van der Waals surface area contributed by atoms with E-state index < -0.39 is 5.67 Å². The highest BCUT2D eigenvalue weighted by Gasteiger charge is 2.38. The van der Waals surface area contributed by atoms with Crippen molar-refractivity contribution in [2.45, 2.75) is 5.67 Å². The van der Waals surface area contributed by atoms with E-state index in [1.165, 1.54) is 12.4 Å². The van der Waals surface area contributed by atoms with Crippen LogP contribution in [0.25, 0.3) is 22.3 Å². The predicted molar refractivity (Wildman–Crippen MR) is 109 cm³/mol. The molecule has 5 rings (SSSR count). The van der Waals surface area contributed by atoms with Crippen LogP contribution >= 0.6 is 0 Å². The Labute approximate surface area is 175 Å². The number of alkyl halides is 1. The molecule has 0 radical (unpaired) electrons. The maximum Gasteiger partial charge on any atom is 0.169 e. The molecule has 10 nitrogen and oxygen atoms in total. The molecule has 0 spiro atoms. The fourth-order valence-corrected chi connectivity index (χ4v) is 3.17. The molecule has 4 aromatic rings. The van der Waals surface area contributed by atoms with Gasteiger partial charge < -0.3 is 15.4 Å². The van der Waals surface area contributed by atoms with Crippen LogP contribution < -0.4 is 15.4 Å². The number of halogens is 1. The van der Waals surface area contributed by atoms with E-state index in [1.807, 2.05) is 12.1 Å². The van der Waals surface area contributed by atoms with Crippen LogP contribution in [0.5, 0.6) is 5.75 Å². The lowest BCUT2D eigenvalue weighted by molar-refractivity contribution is 0.0348. The van der Waals surface area contributed by atoms with Gasteiger partial charge in [0, 0.05) is 25.4 Å². The topological polar surface area (TPSA) is 137 Å². The van der Waals surface area contributed by atoms with Crippen molar-refractivity contribution in [3.8, 4) is 23.1 Å². The summed E-state index contributed by atoms with van der Waals surface area (Å²) >= 11 is 0. The van der Waals surface area contributed by atoms with Gasteiger partial charge in [-0.25, -0.2) is 14.4 Å². The number of pyridine rings is 2. The zero-order valence-corrected chi connectivity index (χ0v) is 16.1. The van der Waals surface area contributed by atoms with Gasteiger partial charge in [-0.1, -0.05) is 0 Å². The van der Waals surface area contributed by atoms with Crippen LogP contribution in [0, 0.1) is 11.3 Å². The molecule has 3 N–H and O–H groups in total. The van der Waals surface area contributed by atoms with Gasteiger partial charge in [0.2, 0.25) is 0 Å². The van der Waals surface area contributed by atoms with E-state index in [2.05, 4.69) is 40.8 Å². The van der Waals surface area contributed by atoms with Gasteiger partial charge in [-0.3, -0.25) is 15.1 Å². The molecule has 154 valence electrons. The number of fused-ring (bicyclic) bond motifs is 1. The Morgan fingerprint density at radius 2 is 2.06 bits per heavy atom. The minimum atomic E-state index is -1.40. The molecule has 1 aliphatic heterocycles. The van der Waals surface area contributed by atoms with Crippen LogP contribution in [0.3, 0.4) is 0 Å². The van der Waals surface area contributed by atoms with Crippen LogP contribution in [-0.4, -0.2) is 55.5 Å². The molecule has 0 amide bonds. The maximum atomic E-state index is 14.5. The van der Waals surface area contributed by atoms with Gasteiger partial charge in [0.1, 0.15) is 29.8 Å². The summed E-state index contributed by atoms with van der Waals surface area (Å²) < 4.78 is 20.3. The second-order valence-electron chi connectivity index (χ2n) is 7.10. The summed E-state index contributed by atoms with van der Waals surface area (Å²) in [5, 5.41) is 22.0. The second kappa shape index (κ2) is 7.58. The number of H-pyrrole nitrogens is 1. The van der Waals surface area contributed by atoms with E-state index >= 15 is 0 Å². The Kier molecular flexibility index (Phi) is 4.61. The SMILES string of the molecule is N#Cc1cnc(Nc2cc(-c3c(OCC4(F)CNC4)cnc4cccnc34)[nH]n2)cn1. The third-order valence-electron chi connectivity index (χ3n) is 4.83. The van der Waals surface area contributed by atoms with Gasteiger partial charge in [0.25, 0.3) is 0 Å². The van der Waals surface area contributed by atoms with Crippen LogP contribution in [0.15, 0.2) is 43.0 Å². The molecule has 4 aromatic heterocycles. The average molecular weight is 417 g/mol. The Balaban J connectivity index is 1.48. The Hall–Kier alpha value is -4.17. The lowest BCUT2D eigenvalue weighted by atomic mass is 10.0. The zero-order chi connectivity index (χ0) is 21.3. The van der Waals surface area contributed by atoms with Crippen LogP contribution in [-0.2, 0) is 0 Å². The summed E-state index contributed by atoms with van der Waals surface area (Å²) in [5.41, 5.74) is 1.35. The number of aromatic nitrogens is 6. The summed E-state index contributed by atoms with van der Waals surface area (Å²) in [5.74, 6) is 1.32. The number of hydrogen-bond acceptors (Lipinski definition) is 9. The molecule has 0 bridgehead atoms. The highest BCUT2D eigenvalue weighted by atomic mass is 19.1. The van der Waals surface area contributed by atoms with Crippen molar-refractivity contribution in [1.29, 1.82) is 5.26 Å². The molecule has 5 heterocycles. The molecule has 11 heteroatoms. The summed E-state index contributed by atoms with van der Waals surface area (Å²) in [7, 11) is 0. The molecule has 0 saturated carbocycles. The van der Waals surface area contributed by atoms with Gasteiger partial charge in [0.05, 0.1) is 35.4 Å². The molecule has 0 aliphatic carbocycles. The molecule has 0 unspecified atom stereocenters. The van der Waals surface area contributed by atoms with E-state index in [4.69, 9.17) is 10.00 Å². The standard InChI is InChI=1S/C20H16FN9O/c21-20(9-23-10-20)11-31-15-7-26-13-2-1-3-24-19(13)18(15)14-4-16(30-29-14)28-17-8-25-12(5-22)6-27-17/h1-4,6-8,23H,9-11H2,(H2,27,28,29,30). The molecule has 31 heavy (non-hydrogen) atoms. The number of nitriles is 1. The van der Waals surface area contributed by atoms with E-state index in [0.717, 1.165) is 0 Å². The fraction of sp³-hybridized carbons (Fsp3) is 0.200. The third-order valence-corrected chi connectivity index (χ3v) is 4.83. The van der Waals surface area contributed by atoms with Gasteiger partial charge in [-0.15, -0.1) is 0 Å². The first-order valence-electron chi connectivity index (χ1n) is 9.45. The smallest absolute Gasteiger partial charge is 0.169 e. The number of nitrogens with one attached hydrogen (secondary N) is 3. The van der Waals surface area contributed by atoms with Crippen molar-refractivity contribution >= 4 is 22.7 Å². The number of nitrogens with zero attached hydrogens (tertiary/aromatic N) is 6. The lowest BCUT2D eigenvalue weighted by Gasteiger charge is -2.34.